The largest absolute Gasteiger partial charge is 0.464 e. The molecule has 0 spiro atoms. The average molecular weight is 405 g/mol. The number of nitrogens with zero attached hydrogens (tertiary/aromatic N) is 3. The van der Waals surface area contributed by atoms with Crippen LogP contribution in [0.2, 0.25) is 0 Å². The Balaban J connectivity index is 1.97. The molecule has 29 heavy (non-hydrogen) atoms. The number of thiophene rings is 1. The first-order valence-electron chi connectivity index (χ1n) is 8.17. The minimum atomic E-state index is -0.582. The zero-order valence-electron chi connectivity index (χ0n) is 14.6. The zero-order valence-corrected chi connectivity index (χ0v) is 15.4. The number of anilines is 2. The number of nitro groups is 1. The fourth-order valence-corrected chi connectivity index (χ4v) is 4.08. The van der Waals surface area contributed by atoms with E-state index in [2.05, 4.69) is 4.98 Å². The number of hydrogen-bond donors (Lipinski definition) is 2. The summed E-state index contributed by atoms with van der Waals surface area (Å²) in [7, 11) is 0. The van der Waals surface area contributed by atoms with Gasteiger partial charge >= 0.3 is 0 Å². The van der Waals surface area contributed by atoms with Crippen molar-refractivity contribution in [3.8, 4) is 17.4 Å². The van der Waals surface area contributed by atoms with Crippen LogP contribution in [0.4, 0.5) is 17.2 Å². The van der Waals surface area contributed by atoms with Gasteiger partial charge in [-0.15, -0.1) is 11.3 Å². The third-order valence-electron chi connectivity index (χ3n) is 4.31. The Morgan fingerprint density at radius 3 is 2.72 bits per heavy atom. The number of non-ortho nitro benzene ring substituents is 1. The van der Waals surface area contributed by atoms with Crippen molar-refractivity contribution in [1.82, 2.24) is 4.98 Å². The van der Waals surface area contributed by atoms with E-state index >= 15 is 0 Å². The van der Waals surface area contributed by atoms with Gasteiger partial charge in [0.2, 0.25) is 5.78 Å². The Labute approximate surface area is 166 Å². The number of carbonyl (C=O) groups excluding carboxylic acids is 1. The lowest BCUT2D eigenvalue weighted by Crippen LogP contribution is -2.03. The van der Waals surface area contributed by atoms with E-state index in [4.69, 9.17) is 15.9 Å². The molecule has 0 bridgehead atoms. The van der Waals surface area contributed by atoms with Gasteiger partial charge in [-0.3, -0.25) is 14.9 Å². The second-order valence-corrected chi connectivity index (χ2v) is 7.00. The van der Waals surface area contributed by atoms with Gasteiger partial charge in [-0.2, -0.15) is 5.26 Å². The summed E-state index contributed by atoms with van der Waals surface area (Å²) in [6.45, 7) is 0. The van der Waals surface area contributed by atoms with E-state index in [1.54, 1.807) is 12.1 Å². The first-order valence-corrected chi connectivity index (χ1v) is 8.98. The summed E-state index contributed by atoms with van der Waals surface area (Å²) in [5.41, 5.74) is 12.7. The topological polar surface area (TPSA) is 162 Å². The van der Waals surface area contributed by atoms with Crippen molar-refractivity contribution in [1.29, 1.82) is 5.26 Å². The molecule has 3 heterocycles. The number of benzene rings is 1. The number of nitriles is 1. The van der Waals surface area contributed by atoms with Gasteiger partial charge in [-0.25, -0.2) is 4.98 Å². The molecule has 9 nitrogen and oxygen atoms in total. The van der Waals surface area contributed by atoms with Crippen molar-refractivity contribution < 1.29 is 14.1 Å². The number of nitrogens with two attached hydrogens (primary N) is 2. The number of fused-ring (bicyclic) bond motifs is 1. The number of nitro benzene ring substituents is 1. The molecule has 4 N–H and O–H groups in total. The molecule has 0 aliphatic heterocycles. The number of hydrogen-bond acceptors (Lipinski definition) is 9. The molecule has 10 heteroatoms. The van der Waals surface area contributed by atoms with Gasteiger partial charge in [0.15, 0.2) is 0 Å². The molecule has 1 aromatic carbocycles. The van der Waals surface area contributed by atoms with Gasteiger partial charge in [0.1, 0.15) is 32.9 Å². The van der Waals surface area contributed by atoms with Gasteiger partial charge in [0.05, 0.1) is 22.4 Å². The molecule has 0 atom stereocenters. The number of nitrogen functional groups attached to an aromatic ring is 2. The summed E-state index contributed by atoms with van der Waals surface area (Å²) in [6, 6.07) is 10.7. The van der Waals surface area contributed by atoms with Crippen LogP contribution in [-0.2, 0) is 0 Å². The summed E-state index contributed by atoms with van der Waals surface area (Å²) in [5.74, 6) is -0.141. The summed E-state index contributed by atoms with van der Waals surface area (Å²) < 4.78 is 5.43. The van der Waals surface area contributed by atoms with E-state index in [0.717, 1.165) is 11.3 Å². The molecule has 0 saturated carbocycles. The van der Waals surface area contributed by atoms with Crippen molar-refractivity contribution >= 4 is 44.5 Å². The molecule has 4 rings (SSSR count). The van der Waals surface area contributed by atoms with Crippen molar-refractivity contribution in [2.24, 2.45) is 0 Å². The van der Waals surface area contributed by atoms with Crippen LogP contribution in [0, 0.1) is 21.4 Å². The van der Waals surface area contributed by atoms with Crippen molar-refractivity contribution in [3.63, 3.8) is 0 Å². The smallest absolute Gasteiger partial charge is 0.270 e. The van der Waals surface area contributed by atoms with Gasteiger partial charge in [-0.1, -0.05) is 12.1 Å². The standard InChI is InChI=1S/C19H11N5O4S/c20-8-11-13(12-5-2-6-28-12)14-15(21)17(29-19(14)23-18(11)22)16(25)9-3-1-4-10(7-9)24(26)27/h1-7H,21H2,(H2,22,23). The van der Waals surface area contributed by atoms with E-state index < -0.39 is 10.7 Å². The Bertz CT molecular complexity index is 1340. The van der Waals surface area contributed by atoms with Crippen LogP contribution >= 0.6 is 11.3 Å². The number of ketones is 1. The highest BCUT2D eigenvalue weighted by molar-refractivity contribution is 7.21. The highest BCUT2D eigenvalue weighted by atomic mass is 32.1. The molecule has 142 valence electrons. The van der Waals surface area contributed by atoms with Crippen LogP contribution < -0.4 is 11.5 Å². The van der Waals surface area contributed by atoms with Crippen LogP contribution in [0.15, 0.2) is 47.1 Å². The van der Waals surface area contributed by atoms with Crippen molar-refractivity contribution in [2.45, 2.75) is 0 Å². The number of furan rings is 1. The Morgan fingerprint density at radius 2 is 2.07 bits per heavy atom. The second kappa shape index (κ2) is 6.74. The van der Waals surface area contributed by atoms with Crippen molar-refractivity contribution in [2.75, 3.05) is 11.5 Å². The molecule has 0 saturated heterocycles. The monoisotopic (exact) mass is 405 g/mol. The fourth-order valence-electron chi connectivity index (χ4n) is 3.01. The van der Waals surface area contributed by atoms with Crippen LogP contribution in [0.1, 0.15) is 20.8 Å². The van der Waals surface area contributed by atoms with Crippen LogP contribution in [0.5, 0.6) is 0 Å². The summed E-state index contributed by atoms with van der Waals surface area (Å²) >= 11 is 0.999. The third-order valence-corrected chi connectivity index (χ3v) is 5.41. The molecule has 0 fully saturated rings. The Morgan fingerprint density at radius 1 is 1.28 bits per heavy atom. The second-order valence-electron chi connectivity index (χ2n) is 6.00. The molecule has 0 aliphatic rings. The van der Waals surface area contributed by atoms with Crippen molar-refractivity contribution in [3.05, 3.63) is 68.8 Å². The zero-order chi connectivity index (χ0) is 20.7. The molecule has 3 aromatic heterocycles. The van der Waals surface area contributed by atoms with E-state index in [9.17, 15) is 20.2 Å². The van der Waals surface area contributed by atoms with Gasteiger partial charge in [-0.05, 0) is 12.1 Å². The van der Waals surface area contributed by atoms with E-state index in [1.807, 2.05) is 6.07 Å². The fraction of sp³-hybridized carbons (Fsp3) is 0. The first-order chi connectivity index (χ1) is 13.9. The van der Waals surface area contributed by atoms with Crippen LogP contribution in [0.25, 0.3) is 21.5 Å². The van der Waals surface area contributed by atoms with Gasteiger partial charge in [0, 0.05) is 23.1 Å². The molecule has 0 aliphatic carbocycles. The minimum Gasteiger partial charge on any atom is -0.464 e. The third kappa shape index (κ3) is 2.86. The highest BCUT2D eigenvalue weighted by Gasteiger charge is 2.26. The molecule has 0 unspecified atom stereocenters. The van der Waals surface area contributed by atoms with Gasteiger partial charge < -0.3 is 15.9 Å². The lowest BCUT2D eigenvalue weighted by molar-refractivity contribution is -0.384. The maximum Gasteiger partial charge on any atom is 0.270 e. The Hall–Kier alpha value is -4.23. The SMILES string of the molecule is N#Cc1c(N)nc2sc(C(=O)c3cccc([N+](=O)[O-])c3)c(N)c2c1-c1ccco1. The average Bonchev–Trinajstić information content (AvgIpc) is 3.35. The molecule has 0 radical (unpaired) electrons. The molecular weight excluding hydrogens is 394 g/mol. The molecule has 0 amide bonds. The maximum absolute atomic E-state index is 13.0. The predicted molar refractivity (Wildman–Crippen MR) is 107 cm³/mol. The highest BCUT2D eigenvalue weighted by Crippen LogP contribution is 2.43. The van der Waals surface area contributed by atoms with Crippen LogP contribution in [0.3, 0.4) is 0 Å². The quantitative estimate of drug-likeness (QED) is 0.295. The van der Waals surface area contributed by atoms with Gasteiger partial charge in [0.25, 0.3) is 5.69 Å². The Kier molecular flexibility index (Phi) is 4.22. The number of rotatable bonds is 4. The maximum atomic E-state index is 13.0. The summed E-state index contributed by atoms with van der Waals surface area (Å²) in [5, 5.41) is 20.9. The number of pyridine rings is 1. The summed E-state index contributed by atoms with van der Waals surface area (Å²) in [4.78, 5) is 28.2. The van der Waals surface area contributed by atoms with Crippen LogP contribution in [-0.4, -0.2) is 15.7 Å². The number of carbonyl (C=O) groups is 1. The first kappa shape index (κ1) is 18.1. The summed E-state index contributed by atoms with van der Waals surface area (Å²) in [6.07, 6.45) is 1.44. The lowest BCUT2D eigenvalue weighted by Gasteiger charge is -2.06. The minimum absolute atomic E-state index is 0.0120. The van der Waals surface area contributed by atoms with E-state index in [1.165, 1.54) is 30.5 Å². The lowest BCUT2D eigenvalue weighted by atomic mass is 10.0. The molecule has 4 aromatic rings. The predicted octanol–water partition coefficient (Wildman–Crippen LogP) is 3.73. The van der Waals surface area contributed by atoms with E-state index in [-0.39, 0.29) is 33.2 Å². The molecular formula is C19H11N5O4S. The normalized spacial score (nSPS) is 10.7. The number of aromatic nitrogens is 1. The van der Waals surface area contributed by atoms with E-state index in [0.29, 0.717) is 21.5 Å².